The molecule has 0 saturated carbocycles. The third kappa shape index (κ3) is 1.75. The molecule has 0 spiro atoms. The lowest BCUT2D eigenvalue weighted by Gasteiger charge is -1.94. The smallest absolute Gasteiger partial charge is 0.234 e. The Bertz CT molecular complexity index is 516. The SMILES string of the molecule is Cn1cc(Cl)c(C(=O)c2[nH]ncc2Cl)n1. The number of H-pyrrole nitrogens is 1. The summed E-state index contributed by atoms with van der Waals surface area (Å²) in [5, 5.41) is 10.6. The van der Waals surface area contributed by atoms with Crippen LogP contribution < -0.4 is 0 Å². The lowest BCUT2D eigenvalue weighted by atomic mass is 10.2. The third-order valence-corrected chi connectivity index (χ3v) is 2.38. The van der Waals surface area contributed by atoms with Crippen LogP contribution in [0, 0.1) is 0 Å². The summed E-state index contributed by atoms with van der Waals surface area (Å²) in [5.74, 6) is -0.372. The van der Waals surface area contributed by atoms with Gasteiger partial charge in [-0.05, 0) is 0 Å². The molecule has 0 unspecified atom stereocenters. The molecule has 0 aromatic carbocycles. The van der Waals surface area contributed by atoms with Crippen molar-refractivity contribution in [2.24, 2.45) is 7.05 Å². The molecule has 5 nitrogen and oxygen atoms in total. The number of nitrogens with zero attached hydrogens (tertiary/aromatic N) is 3. The lowest BCUT2D eigenvalue weighted by molar-refractivity contribution is 0.102. The van der Waals surface area contributed by atoms with Crippen molar-refractivity contribution in [2.75, 3.05) is 0 Å². The summed E-state index contributed by atoms with van der Waals surface area (Å²) in [4.78, 5) is 11.8. The highest BCUT2D eigenvalue weighted by Gasteiger charge is 2.20. The Morgan fingerprint density at radius 2 is 2.20 bits per heavy atom. The fraction of sp³-hybridized carbons (Fsp3) is 0.125. The molecule has 1 N–H and O–H groups in total. The van der Waals surface area contributed by atoms with Gasteiger partial charge in [0, 0.05) is 13.2 Å². The fourth-order valence-electron chi connectivity index (χ4n) is 1.16. The van der Waals surface area contributed by atoms with Crippen LogP contribution in [0.1, 0.15) is 16.2 Å². The molecule has 0 saturated heterocycles. The number of carbonyl (C=O) groups is 1. The largest absolute Gasteiger partial charge is 0.285 e. The van der Waals surface area contributed by atoms with Crippen molar-refractivity contribution >= 4 is 29.0 Å². The highest BCUT2D eigenvalue weighted by molar-refractivity contribution is 6.37. The predicted molar refractivity (Wildman–Crippen MR) is 55.2 cm³/mol. The van der Waals surface area contributed by atoms with Gasteiger partial charge < -0.3 is 0 Å². The molecule has 2 rings (SSSR count). The van der Waals surface area contributed by atoms with Gasteiger partial charge in [-0.3, -0.25) is 14.6 Å². The van der Waals surface area contributed by atoms with Crippen molar-refractivity contribution in [1.29, 1.82) is 0 Å². The van der Waals surface area contributed by atoms with E-state index in [9.17, 15) is 4.79 Å². The number of halogens is 2. The maximum atomic E-state index is 11.8. The molecule has 78 valence electrons. The minimum atomic E-state index is -0.372. The van der Waals surface area contributed by atoms with Crippen LogP contribution in [-0.2, 0) is 7.05 Å². The molecular formula is C8H6Cl2N4O. The zero-order chi connectivity index (χ0) is 11.0. The van der Waals surface area contributed by atoms with Crippen LogP contribution in [0.4, 0.5) is 0 Å². The molecule has 2 aromatic heterocycles. The van der Waals surface area contributed by atoms with E-state index in [1.165, 1.54) is 10.9 Å². The molecule has 0 radical (unpaired) electrons. The number of hydrogen-bond acceptors (Lipinski definition) is 3. The average Bonchev–Trinajstić information content (AvgIpc) is 2.71. The van der Waals surface area contributed by atoms with Crippen LogP contribution in [0.5, 0.6) is 0 Å². The number of rotatable bonds is 2. The molecule has 2 heterocycles. The van der Waals surface area contributed by atoms with E-state index >= 15 is 0 Å². The first-order chi connectivity index (χ1) is 7.09. The summed E-state index contributed by atoms with van der Waals surface area (Å²) in [6, 6.07) is 0. The second kappa shape index (κ2) is 3.67. The normalized spacial score (nSPS) is 10.6. The minimum absolute atomic E-state index is 0.158. The summed E-state index contributed by atoms with van der Waals surface area (Å²) in [7, 11) is 1.68. The first-order valence-corrected chi connectivity index (χ1v) is 4.78. The van der Waals surface area contributed by atoms with E-state index < -0.39 is 0 Å². The Morgan fingerprint density at radius 1 is 1.47 bits per heavy atom. The number of hydrogen-bond donors (Lipinski definition) is 1. The van der Waals surface area contributed by atoms with Crippen molar-refractivity contribution in [3.05, 3.63) is 33.8 Å². The van der Waals surface area contributed by atoms with Crippen molar-refractivity contribution in [1.82, 2.24) is 20.0 Å². The maximum absolute atomic E-state index is 11.8. The van der Waals surface area contributed by atoms with Crippen molar-refractivity contribution in [3.63, 3.8) is 0 Å². The van der Waals surface area contributed by atoms with Gasteiger partial charge in [0.1, 0.15) is 5.69 Å². The Hall–Kier alpha value is -1.33. The highest BCUT2D eigenvalue weighted by atomic mass is 35.5. The molecule has 0 bridgehead atoms. The van der Waals surface area contributed by atoms with Crippen LogP contribution in [-0.4, -0.2) is 25.8 Å². The first kappa shape index (κ1) is 10.2. The molecule has 2 aromatic rings. The van der Waals surface area contributed by atoms with Gasteiger partial charge >= 0.3 is 0 Å². The number of nitrogens with one attached hydrogen (secondary N) is 1. The van der Waals surface area contributed by atoms with Crippen LogP contribution in [0.2, 0.25) is 10.0 Å². The monoisotopic (exact) mass is 244 g/mol. The van der Waals surface area contributed by atoms with Gasteiger partial charge in [-0.2, -0.15) is 10.2 Å². The van der Waals surface area contributed by atoms with Gasteiger partial charge in [0.2, 0.25) is 5.78 Å². The van der Waals surface area contributed by atoms with Gasteiger partial charge in [0.25, 0.3) is 0 Å². The molecule has 0 fully saturated rings. The Labute approximate surface area is 95.0 Å². The van der Waals surface area contributed by atoms with Crippen LogP contribution in [0.25, 0.3) is 0 Å². The van der Waals surface area contributed by atoms with Crippen LogP contribution in [0.3, 0.4) is 0 Å². The van der Waals surface area contributed by atoms with E-state index in [-0.39, 0.29) is 27.2 Å². The van der Waals surface area contributed by atoms with Gasteiger partial charge in [0.05, 0.1) is 16.2 Å². The van der Waals surface area contributed by atoms with Gasteiger partial charge in [-0.1, -0.05) is 23.2 Å². The summed E-state index contributed by atoms with van der Waals surface area (Å²) in [5.41, 5.74) is 0.350. The zero-order valence-corrected chi connectivity index (χ0v) is 9.17. The Balaban J connectivity index is 2.45. The molecular weight excluding hydrogens is 239 g/mol. The topological polar surface area (TPSA) is 63.6 Å². The van der Waals surface area contributed by atoms with Crippen molar-refractivity contribution in [2.45, 2.75) is 0 Å². The van der Waals surface area contributed by atoms with E-state index in [1.807, 2.05) is 0 Å². The lowest BCUT2D eigenvalue weighted by Crippen LogP contribution is -2.05. The van der Waals surface area contributed by atoms with E-state index in [2.05, 4.69) is 15.3 Å². The summed E-state index contributed by atoms with van der Waals surface area (Å²) in [6.07, 6.45) is 2.89. The predicted octanol–water partition coefficient (Wildman–Crippen LogP) is 1.68. The zero-order valence-electron chi connectivity index (χ0n) is 7.66. The minimum Gasteiger partial charge on any atom is -0.285 e. The van der Waals surface area contributed by atoms with Crippen LogP contribution >= 0.6 is 23.2 Å². The Kier molecular flexibility index (Phi) is 2.50. The standard InChI is InChI=1S/C8H6Cl2N4O/c1-14-3-5(10)7(13-14)8(15)6-4(9)2-11-12-6/h2-3H,1H3,(H,11,12). The van der Waals surface area contributed by atoms with E-state index in [1.54, 1.807) is 13.2 Å². The molecule has 0 atom stereocenters. The number of aromatic amines is 1. The van der Waals surface area contributed by atoms with Crippen molar-refractivity contribution in [3.8, 4) is 0 Å². The summed E-state index contributed by atoms with van der Waals surface area (Å²) < 4.78 is 1.46. The average molecular weight is 245 g/mol. The number of aromatic nitrogens is 4. The first-order valence-electron chi connectivity index (χ1n) is 4.02. The van der Waals surface area contributed by atoms with Crippen LogP contribution in [0.15, 0.2) is 12.4 Å². The van der Waals surface area contributed by atoms with E-state index in [0.717, 1.165) is 0 Å². The maximum Gasteiger partial charge on any atom is 0.234 e. The highest BCUT2D eigenvalue weighted by Crippen LogP contribution is 2.20. The van der Waals surface area contributed by atoms with E-state index in [0.29, 0.717) is 0 Å². The van der Waals surface area contributed by atoms with E-state index in [4.69, 9.17) is 23.2 Å². The molecule has 15 heavy (non-hydrogen) atoms. The van der Waals surface area contributed by atoms with Gasteiger partial charge in [-0.25, -0.2) is 0 Å². The quantitative estimate of drug-likeness (QED) is 0.818. The fourth-order valence-corrected chi connectivity index (χ4v) is 1.60. The number of carbonyl (C=O) groups excluding carboxylic acids is 1. The summed E-state index contributed by atoms with van der Waals surface area (Å²) >= 11 is 11.6. The molecule has 0 amide bonds. The molecule has 7 heteroatoms. The second-order valence-electron chi connectivity index (χ2n) is 2.92. The molecule has 0 aliphatic heterocycles. The summed E-state index contributed by atoms with van der Waals surface area (Å²) in [6.45, 7) is 0. The third-order valence-electron chi connectivity index (χ3n) is 1.82. The second-order valence-corrected chi connectivity index (χ2v) is 3.74. The molecule has 0 aliphatic rings. The Morgan fingerprint density at radius 3 is 2.67 bits per heavy atom. The van der Waals surface area contributed by atoms with Crippen molar-refractivity contribution < 1.29 is 4.79 Å². The number of ketones is 1. The van der Waals surface area contributed by atoms with Gasteiger partial charge in [0.15, 0.2) is 5.69 Å². The molecule has 0 aliphatic carbocycles. The number of aryl methyl sites for hydroxylation is 1. The van der Waals surface area contributed by atoms with Gasteiger partial charge in [-0.15, -0.1) is 0 Å².